The Labute approximate surface area is 190 Å². The maximum absolute atomic E-state index is 13.5. The van der Waals surface area contributed by atoms with Crippen molar-refractivity contribution in [3.63, 3.8) is 0 Å². The molecule has 4 aromatic rings. The molecule has 0 aliphatic heterocycles. The van der Waals surface area contributed by atoms with Crippen LogP contribution in [0.4, 0.5) is 5.13 Å². The van der Waals surface area contributed by atoms with Crippen LogP contribution in [0.2, 0.25) is 5.02 Å². The number of methoxy groups -OCH3 is 1. The Hall–Kier alpha value is -2.83. The SMILES string of the molecule is COc1ccc(Cl)c2sc(N(Cc3ccco3)C(=O)Cc3c(C)cc(C)cc3C)nc12. The molecule has 2 aromatic carbocycles. The highest BCUT2D eigenvalue weighted by Gasteiger charge is 2.24. The molecule has 2 aromatic heterocycles. The van der Waals surface area contributed by atoms with Crippen molar-refractivity contribution in [3.05, 3.63) is 75.7 Å². The minimum Gasteiger partial charge on any atom is -0.494 e. The molecule has 0 N–H and O–H groups in total. The number of nitrogens with zero attached hydrogens (tertiary/aromatic N) is 2. The van der Waals surface area contributed by atoms with Gasteiger partial charge in [-0.2, -0.15) is 0 Å². The van der Waals surface area contributed by atoms with Crippen LogP contribution >= 0.6 is 22.9 Å². The zero-order valence-corrected chi connectivity index (χ0v) is 19.4. The van der Waals surface area contributed by atoms with Crippen molar-refractivity contribution in [3.8, 4) is 5.75 Å². The van der Waals surface area contributed by atoms with Crippen molar-refractivity contribution in [2.45, 2.75) is 33.7 Å². The monoisotopic (exact) mass is 454 g/mol. The van der Waals surface area contributed by atoms with E-state index < -0.39 is 0 Å². The van der Waals surface area contributed by atoms with E-state index in [1.807, 2.05) is 26.0 Å². The molecule has 0 saturated carbocycles. The van der Waals surface area contributed by atoms with Gasteiger partial charge in [-0.05, 0) is 61.7 Å². The number of halogens is 1. The van der Waals surface area contributed by atoms with Gasteiger partial charge in [-0.25, -0.2) is 4.98 Å². The molecular formula is C24H23ClN2O3S. The first-order valence-corrected chi connectivity index (χ1v) is 11.1. The van der Waals surface area contributed by atoms with Gasteiger partial charge in [0.05, 0.1) is 36.1 Å². The summed E-state index contributed by atoms with van der Waals surface area (Å²) in [5.74, 6) is 1.25. The summed E-state index contributed by atoms with van der Waals surface area (Å²) in [5.41, 5.74) is 5.09. The topological polar surface area (TPSA) is 55.6 Å². The number of carbonyl (C=O) groups is 1. The number of ether oxygens (including phenoxy) is 1. The van der Waals surface area contributed by atoms with Gasteiger partial charge in [0.2, 0.25) is 5.91 Å². The maximum Gasteiger partial charge on any atom is 0.233 e. The van der Waals surface area contributed by atoms with Crippen LogP contribution in [0.3, 0.4) is 0 Å². The molecule has 4 rings (SSSR count). The van der Waals surface area contributed by atoms with Crippen LogP contribution in [-0.2, 0) is 17.8 Å². The Morgan fingerprint density at radius 2 is 1.94 bits per heavy atom. The van der Waals surface area contributed by atoms with Gasteiger partial charge in [0.15, 0.2) is 5.13 Å². The van der Waals surface area contributed by atoms with E-state index in [-0.39, 0.29) is 18.9 Å². The molecule has 0 aliphatic rings. The van der Waals surface area contributed by atoms with Crippen LogP contribution in [0.15, 0.2) is 47.1 Å². The molecule has 0 spiro atoms. The summed E-state index contributed by atoms with van der Waals surface area (Å²) in [7, 11) is 1.59. The zero-order chi connectivity index (χ0) is 22.1. The first-order chi connectivity index (χ1) is 14.9. The lowest BCUT2D eigenvalue weighted by Gasteiger charge is -2.20. The minimum absolute atomic E-state index is 0.0550. The molecule has 0 aliphatic carbocycles. The quantitative estimate of drug-likeness (QED) is 0.345. The molecule has 2 heterocycles. The van der Waals surface area contributed by atoms with Gasteiger partial charge in [-0.3, -0.25) is 9.69 Å². The lowest BCUT2D eigenvalue weighted by atomic mass is 9.97. The maximum atomic E-state index is 13.5. The fourth-order valence-corrected chi connectivity index (χ4v) is 5.05. The summed E-state index contributed by atoms with van der Waals surface area (Å²) in [4.78, 5) is 19.9. The highest BCUT2D eigenvalue weighted by Crippen LogP contribution is 2.39. The third-order valence-corrected chi connectivity index (χ3v) is 6.80. The van der Waals surface area contributed by atoms with Crippen molar-refractivity contribution in [1.82, 2.24) is 4.98 Å². The van der Waals surface area contributed by atoms with Gasteiger partial charge in [0.1, 0.15) is 17.0 Å². The van der Waals surface area contributed by atoms with E-state index in [9.17, 15) is 4.79 Å². The van der Waals surface area contributed by atoms with Crippen molar-refractivity contribution in [2.75, 3.05) is 12.0 Å². The molecule has 0 atom stereocenters. The van der Waals surface area contributed by atoms with E-state index in [0.717, 1.165) is 21.4 Å². The average molecular weight is 455 g/mol. The summed E-state index contributed by atoms with van der Waals surface area (Å²) in [6.07, 6.45) is 1.88. The van der Waals surface area contributed by atoms with E-state index in [2.05, 4.69) is 19.1 Å². The number of anilines is 1. The first-order valence-electron chi connectivity index (χ1n) is 9.90. The van der Waals surface area contributed by atoms with Gasteiger partial charge in [-0.1, -0.05) is 40.6 Å². The Morgan fingerprint density at radius 1 is 1.19 bits per heavy atom. The van der Waals surface area contributed by atoms with Crippen molar-refractivity contribution in [1.29, 1.82) is 0 Å². The fourth-order valence-electron chi connectivity index (χ4n) is 3.78. The molecule has 1 amide bonds. The molecule has 0 bridgehead atoms. The minimum atomic E-state index is -0.0550. The van der Waals surface area contributed by atoms with Crippen LogP contribution in [0, 0.1) is 20.8 Å². The lowest BCUT2D eigenvalue weighted by Crippen LogP contribution is -2.32. The fraction of sp³-hybridized carbons (Fsp3) is 0.250. The summed E-state index contributed by atoms with van der Waals surface area (Å²) in [6.45, 7) is 6.44. The molecule has 5 nitrogen and oxygen atoms in total. The number of hydrogen-bond acceptors (Lipinski definition) is 5. The van der Waals surface area contributed by atoms with Crippen molar-refractivity contribution >= 4 is 44.2 Å². The normalized spacial score (nSPS) is 11.1. The van der Waals surface area contributed by atoms with Crippen LogP contribution in [0.1, 0.15) is 28.0 Å². The number of aryl methyl sites for hydroxylation is 3. The molecule has 0 radical (unpaired) electrons. The second-order valence-corrected chi connectivity index (χ2v) is 8.92. The Bertz CT molecular complexity index is 1220. The molecule has 7 heteroatoms. The van der Waals surface area contributed by atoms with Crippen LogP contribution < -0.4 is 9.64 Å². The van der Waals surface area contributed by atoms with E-state index in [1.165, 1.54) is 16.9 Å². The molecular weight excluding hydrogens is 432 g/mol. The summed E-state index contributed by atoms with van der Waals surface area (Å²) < 4.78 is 11.8. The summed E-state index contributed by atoms with van der Waals surface area (Å²) >= 11 is 7.78. The third-order valence-electron chi connectivity index (χ3n) is 5.26. The van der Waals surface area contributed by atoms with Crippen molar-refractivity contribution < 1.29 is 13.9 Å². The van der Waals surface area contributed by atoms with Gasteiger partial charge in [-0.15, -0.1) is 0 Å². The van der Waals surface area contributed by atoms with Gasteiger partial charge in [0.25, 0.3) is 0 Å². The van der Waals surface area contributed by atoms with E-state index in [0.29, 0.717) is 27.2 Å². The van der Waals surface area contributed by atoms with Crippen LogP contribution in [0.25, 0.3) is 10.2 Å². The predicted molar refractivity (Wildman–Crippen MR) is 125 cm³/mol. The number of hydrogen-bond donors (Lipinski definition) is 0. The number of fused-ring (bicyclic) bond motifs is 1. The lowest BCUT2D eigenvalue weighted by molar-refractivity contribution is -0.118. The number of benzene rings is 2. The van der Waals surface area contributed by atoms with Crippen LogP contribution in [0.5, 0.6) is 5.75 Å². The van der Waals surface area contributed by atoms with Gasteiger partial charge < -0.3 is 9.15 Å². The Kier molecular flexibility index (Phi) is 6.03. The number of carbonyl (C=O) groups excluding carboxylic acids is 1. The van der Waals surface area contributed by atoms with E-state index >= 15 is 0 Å². The molecule has 160 valence electrons. The summed E-state index contributed by atoms with van der Waals surface area (Å²) in [5, 5.41) is 1.14. The highest BCUT2D eigenvalue weighted by atomic mass is 35.5. The number of furan rings is 1. The van der Waals surface area contributed by atoms with Gasteiger partial charge in [0, 0.05) is 0 Å². The average Bonchev–Trinajstić information content (AvgIpc) is 3.39. The van der Waals surface area contributed by atoms with Gasteiger partial charge >= 0.3 is 0 Å². The number of amides is 1. The van der Waals surface area contributed by atoms with Crippen LogP contribution in [-0.4, -0.2) is 18.0 Å². The Balaban J connectivity index is 1.75. The second kappa shape index (κ2) is 8.73. The number of rotatable bonds is 6. The standard InChI is InChI=1S/C24H23ClN2O3S/c1-14-10-15(2)18(16(3)11-14)12-21(28)27(13-17-6-5-9-30-17)24-26-22-20(29-4)8-7-19(25)23(22)31-24/h5-11H,12-13H2,1-4H3. The zero-order valence-electron chi connectivity index (χ0n) is 17.9. The number of thiazole rings is 1. The largest absolute Gasteiger partial charge is 0.494 e. The molecule has 0 saturated heterocycles. The highest BCUT2D eigenvalue weighted by molar-refractivity contribution is 7.23. The molecule has 0 fully saturated rings. The van der Waals surface area contributed by atoms with E-state index in [1.54, 1.807) is 30.4 Å². The van der Waals surface area contributed by atoms with Crippen molar-refractivity contribution in [2.24, 2.45) is 0 Å². The molecule has 0 unspecified atom stereocenters. The predicted octanol–water partition coefficient (Wildman–Crippen LogP) is 6.25. The Morgan fingerprint density at radius 3 is 2.58 bits per heavy atom. The first kappa shape index (κ1) is 21.4. The molecule has 31 heavy (non-hydrogen) atoms. The summed E-state index contributed by atoms with van der Waals surface area (Å²) in [6, 6.07) is 11.4. The third kappa shape index (κ3) is 4.31. The number of aromatic nitrogens is 1. The van der Waals surface area contributed by atoms with E-state index in [4.69, 9.17) is 25.7 Å². The smallest absolute Gasteiger partial charge is 0.233 e. The second-order valence-electron chi connectivity index (χ2n) is 7.54.